The van der Waals surface area contributed by atoms with Crippen LogP contribution < -0.4 is 4.72 Å². The fraction of sp³-hybridized carbons (Fsp3) is 0.316. The van der Waals surface area contributed by atoms with Gasteiger partial charge in [-0.05, 0) is 54.2 Å². The molecule has 26 heavy (non-hydrogen) atoms. The largest absolute Gasteiger partial charge is 0.330 e. The minimum Gasteiger partial charge on any atom is -0.330 e. The molecule has 0 saturated heterocycles. The zero-order valence-corrected chi connectivity index (χ0v) is 15.7. The van der Waals surface area contributed by atoms with Crippen LogP contribution in [0.15, 0.2) is 47.4 Å². The minimum absolute atomic E-state index is 0.124. The molecule has 0 radical (unpaired) electrons. The highest BCUT2D eigenvalue weighted by Crippen LogP contribution is 2.30. The number of hydrogen-bond acceptors (Lipinski definition) is 3. The first-order valence-electron chi connectivity index (χ1n) is 8.59. The third kappa shape index (κ3) is 3.49. The average Bonchev–Trinajstić information content (AvgIpc) is 3.36. The third-order valence-electron chi connectivity index (χ3n) is 4.86. The molecule has 2 aromatic rings. The Kier molecular flexibility index (Phi) is 4.50. The Hall–Kier alpha value is -1.89. The number of amides is 1. The van der Waals surface area contributed by atoms with Gasteiger partial charge in [-0.25, -0.2) is 13.1 Å². The highest BCUT2D eigenvalue weighted by Gasteiger charge is 2.27. The van der Waals surface area contributed by atoms with Crippen molar-refractivity contribution in [2.75, 3.05) is 6.54 Å². The van der Waals surface area contributed by atoms with Crippen LogP contribution >= 0.6 is 11.6 Å². The Morgan fingerprint density at radius 3 is 2.65 bits per heavy atom. The first kappa shape index (κ1) is 17.5. The van der Waals surface area contributed by atoms with Crippen molar-refractivity contribution in [1.29, 1.82) is 0 Å². The molecule has 1 aliphatic carbocycles. The molecule has 1 saturated carbocycles. The van der Waals surface area contributed by atoms with E-state index in [4.69, 9.17) is 11.6 Å². The van der Waals surface area contributed by atoms with Gasteiger partial charge in [0.2, 0.25) is 10.0 Å². The maximum Gasteiger partial charge on any atom is 0.254 e. The van der Waals surface area contributed by atoms with Crippen molar-refractivity contribution in [3.05, 3.63) is 64.2 Å². The second kappa shape index (κ2) is 6.68. The Labute approximate surface area is 158 Å². The lowest BCUT2D eigenvalue weighted by Gasteiger charge is -2.16. The summed E-state index contributed by atoms with van der Waals surface area (Å²) in [6, 6.07) is 11.9. The predicted molar refractivity (Wildman–Crippen MR) is 99.4 cm³/mol. The summed E-state index contributed by atoms with van der Waals surface area (Å²) in [7, 11) is -3.60. The first-order chi connectivity index (χ1) is 12.4. The summed E-state index contributed by atoms with van der Waals surface area (Å²) in [5.41, 5.74) is 2.35. The lowest BCUT2D eigenvalue weighted by Crippen LogP contribution is -2.27. The average molecular weight is 391 g/mol. The second-order valence-corrected chi connectivity index (χ2v) is 9.04. The summed E-state index contributed by atoms with van der Waals surface area (Å²) in [6.07, 6.45) is 2.14. The van der Waals surface area contributed by atoms with Crippen molar-refractivity contribution >= 4 is 27.5 Å². The summed E-state index contributed by atoms with van der Waals surface area (Å²) in [6.45, 7) is 1.37. The van der Waals surface area contributed by atoms with Gasteiger partial charge in [-0.1, -0.05) is 29.8 Å². The monoisotopic (exact) mass is 390 g/mol. The van der Waals surface area contributed by atoms with Crippen LogP contribution in [0.5, 0.6) is 0 Å². The summed E-state index contributed by atoms with van der Waals surface area (Å²) >= 11 is 6.21. The fourth-order valence-electron chi connectivity index (χ4n) is 3.14. The molecular weight excluding hydrogens is 372 g/mol. The Balaban J connectivity index is 1.53. The lowest BCUT2D eigenvalue weighted by molar-refractivity contribution is 0.0751. The van der Waals surface area contributed by atoms with Gasteiger partial charge in [-0.2, -0.15) is 0 Å². The molecule has 0 unspecified atom stereocenters. The SMILES string of the molecule is O=C(c1cccc(S(=O)(=O)NCC2CC2)c1)N1Cc2cccc(Cl)c2C1. The van der Waals surface area contributed by atoms with Gasteiger partial charge in [0.05, 0.1) is 4.90 Å². The summed E-state index contributed by atoms with van der Waals surface area (Å²) in [4.78, 5) is 14.7. The molecule has 0 atom stereocenters. The van der Waals surface area contributed by atoms with E-state index in [9.17, 15) is 13.2 Å². The maximum atomic E-state index is 12.8. The fourth-order valence-corrected chi connectivity index (χ4v) is 4.55. The zero-order chi connectivity index (χ0) is 18.3. The zero-order valence-electron chi connectivity index (χ0n) is 14.1. The first-order valence-corrected chi connectivity index (χ1v) is 10.5. The molecule has 1 amide bonds. The molecule has 1 fully saturated rings. The van der Waals surface area contributed by atoms with Crippen LogP contribution in [-0.2, 0) is 23.1 Å². The highest BCUT2D eigenvalue weighted by atomic mass is 35.5. The van der Waals surface area contributed by atoms with E-state index in [0.29, 0.717) is 36.1 Å². The molecule has 1 N–H and O–H groups in total. The van der Waals surface area contributed by atoms with Crippen LogP contribution in [0.4, 0.5) is 0 Å². The van der Waals surface area contributed by atoms with Crippen LogP contribution in [-0.4, -0.2) is 25.8 Å². The van der Waals surface area contributed by atoms with Gasteiger partial charge < -0.3 is 4.90 Å². The predicted octanol–water partition coefficient (Wildman–Crippen LogP) is 3.18. The lowest BCUT2D eigenvalue weighted by atomic mass is 10.1. The molecule has 2 aromatic carbocycles. The number of carbonyl (C=O) groups is 1. The molecule has 1 aliphatic heterocycles. The van der Waals surface area contributed by atoms with Crippen LogP contribution in [0.3, 0.4) is 0 Å². The van der Waals surface area contributed by atoms with E-state index in [1.165, 1.54) is 12.1 Å². The molecule has 7 heteroatoms. The van der Waals surface area contributed by atoms with Gasteiger partial charge in [0.15, 0.2) is 0 Å². The van der Waals surface area contributed by atoms with Gasteiger partial charge in [0.1, 0.15) is 0 Å². The number of halogens is 1. The number of rotatable bonds is 5. The molecule has 5 nitrogen and oxygen atoms in total. The Morgan fingerprint density at radius 2 is 1.92 bits per heavy atom. The van der Waals surface area contributed by atoms with Gasteiger partial charge in [-0.15, -0.1) is 0 Å². The number of nitrogens with one attached hydrogen (secondary N) is 1. The van der Waals surface area contributed by atoms with E-state index >= 15 is 0 Å². The van der Waals surface area contributed by atoms with Crippen LogP contribution in [0, 0.1) is 5.92 Å². The van der Waals surface area contributed by atoms with E-state index in [-0.39, 0.29) is 10.8 Å². The third-order valence-corrected chi connectivity index (χ3v) is 6.64. The van der Waals surface area contributed by atoms with Crippen molar-refractivity contribution in [3.63, 3.8) is 0 Å². The van der Waals surface area contributed by atoms with Crippen LogP contribution in [0.25, 0.3) is 0 Å². The molecule has 0 spiro atoms. The number of carbonyl (C=O) groups excluding carboxylic acids is 1. The molecular formula is C19H19ClN2O3S. The minimum atomic E-state index is -3.60. The topological polar surface area (TPSA) is 66.5 Å². The van der Waals surface area contributed by atoms with Crippen LogP contribution in [0.1, 0.15) is 34.3 Å². The van der Waals surface area contributed by atoms with Crippen molar-refractivity contribution in [3.8, 4) is 0 Å². The number of fused-ring (bicyclic) bond motifs is 1. The smallest absolute Gasteiger partial charge is 0.254 e. The van der Waals surface area contributed by atoms with E-state index < -0.39 is 10.0 Å². The molecule has 136 valence electrons. The number of benzene rings is 2. The van der Waals surface area contributed by atoms with E-state index in [1.54, 1.807) is 17.0 Å². The summed E-state index contributed by atoms with van der Waals surface area (Å²) < 4.78 is 27.5. The Bertz CT molecular complexity index is 970. The second-order valence-electron chi connectivity index (χ2n) is 6.86. The van der Waals surface area contributed by atoms with Crippen molar-refractivity contribution in [2.45, 2.75) is 30.8 Å². The van der Waals surface area contributed by atoms with Crippen molar-refractivity contribution in [2.24, 2.45) is 5.92 Å². The van der Waals surface area contributed by atoms with E-state index in [0.717, 1.165) is 24.0 Å². The van der Waals surface area contributed by atoms with Crippen LogP contribution in [0.2, 0.25) is 5.02 Å². The summed E-state index contributed by atoms with van der Waals surface area (Å²) in [5, 5.41) is 0.651. The maximum absolute atomic E-state index is 12.8. The van der Waals surface area contributed by atoms with Gasteiger partial charge in [0, 0.05) is 30.2 Å². The molecule has 0 bridgehead atoms. The number of sulfonamides is 1. The summed E-state index contributed by atoms with van der Waals surface area (Å²) in [5.74, 6) is 0.249. The van der Waals surface area contributed by atoms with Gasteiger partial charge in [0.25, 0.3) is 5.91 Å². The molecule has 4 rings (SSSR count). The van der Waals surface area contributed by atoms with Crippen molar-refractivity contribution in [1.82, 2.24) is 9.62 Å². The van der Waals surface area contributed by atoms with Gasteiger partial charge in [-0.3, -0.25) is 4.79 Å². The normalized spacial score (nSPS) is 16.6. The Morgan fingerprint density at radius 1 is 1.15 bits per heavy atom. The molecule has 1 heterocycles. The van der Waals surface area contributed by atoms with E-state index in [2.05, 4.69) is 4.72 Å². The molecule has 2 aliphatic rings. The van der Waals surface area contributed by atoms with Crippen molar-refractivity contribution < 1.29 is 13.2 Å². The molecule has 0 aromatic heterocycles. The number of hydrogen-bond donors (Lipinski definition) is 1. The number of nitrogens with zero attached hydrogens (tertiary/aromatic N) is 1. The van der Waals surface area contributed by atoms with Gasteiger partial charge >= 0.3 is 0 Å². The standard InChI is InChI=1S/C19H19ClN2O3S/c20-18-6-2-4-15-11-22(12-17(15)18)19(23)14-3-1-5-16(9-14)26(24,25)21-10-13-7-8-13/h1-6,9,13,21H,7-8,10-12H2. The highest BCUT2D eigenvalue weighted by molar-refractivity contribution is 7.89. The van der Waals surface area contributed by atoms with E-state index in [1.807, 2.05) is 18.2 Å². The quantitative estimate of drug-likeness (QED) is 0.852.